The molecule has 2 amide bonds. The summed E-state index contributed by atoms with van der Waals surface area (Å²) in [7, 11) is -3.97. The van der Waals surface area contributed by atoms with E-state index in [2.05, 4.69) is 4.72 Å². The Labute approximate surface area is 214 Å². The molecule has 4 rings (SSSR count). The smallest absolute Gasteiger partial charge is 0.410 e. The van der Waals surface area contributed by atoms with E-state index in [9.17, 15) is 18.0 Å². The number of sulfonamides is 1. The van der Waals surface area contributed by atoms with E-state index in [1.54, 1.807) is 40.1 Å². The summed E-state index contributed by atoms with van der Waals surface area (Å²) in [6.45, 7) is 14.4. The normalized spacial score (nSPS) is 20.8. The Hall–Kier alpha value is -2.65. The number of rotatable bonds is 4. The summed E-state index contributed by atoms with van der Waals surface area (Å²) in [5.41, 5.74) is 0.192. The van der Waals surface area contributed by atoms with Crippen molar-refractivity contribution in [3.8, 4) is 0 Å². The van der Waals surface area contributed by atoms with Gasteiger partial charge in [-0.3, -0.25) is 4.79 Å². The Kier molecular flexibility index (Phi) is 6.62. The minimum atomic E-state index is -3.97. The lowest BCUT2D eigenvalue weighted by Gasteiger charge is -2.47. The molecule has 0 aliphatic carbocycles. The fourth-order valence-corrected chi connectivity index (χ4v) is 7.02. The zero-order valence-corrected chi connectivity index (χ0v) is 23.0. The predicted molar refractivity (Wildman–Crippen MR) is 141 cm³/mol. The number of nitrogens with one attached hydrogen (secondary N) is 1. The molecule has 2 aliphatic heterocycles. The van der Waals surface area contributed by atoms with Crippen LogP contribution in [0.15, 0.2) is 35.2 Å². The maximum atomic E-state index is 13.8. The molecule has 0 aromatic heterocycles. The molecule has 36 heavy (non-hydrogen) atoms. The number of hydrogen-bond donors (Lipinski definition) is 1. The van der Waals surface area contributed by atoms with Crippen molar-refractivity contribution in [2.24, 2.45) is 5.41 Å². The third kappa shape index (κ3) is 4.70. The van der Waals surface area contributed by atoms with Crippen LogP contribution >= 0.6 is 0 Å². The molecule has 1 N–H and O–H groups in total. The quantitative estimate of drug-likeness (QED) is 0.624. The van der Waals surface area contributed by atoms with Gasteiger partial charge in [-0.1, -0.05) is 32.9 Å². The summed E-state index contributed by atoms with van der Waals surface area (Å²) in [6.07, 6.45) is 0.821. The molecule has 1 fully saturated rings. The molecule has 2 atom stereocenters. The minimum Gasteiger partial charge on any atom is -0.444 e. The van der Waals surface area contributed by atoms with Crippen molar-refractivity contribution >= 4 is 38.5 Å². The molecule has 2 aromatic rings. The monoisotopic (exact) mass is 515 g/mol. The van der Waals surface area contributed by atoms with Crippen LogP contribution in [0.5, 0.6) is 0 Å². The van der Waals surface area contributed by atoms with Crippen LogP contribution in [-0.4, -0.2) is 56.1 Å². The molecule has 2 heterocycles. The SMILES string of the molecule is CCN1C(=O)c2cccc3c(S(=O)(=O)NC4CCCN(C(=O)OC(C)(C)C)C4C(C)(C)C)ccc1c23. The van der Waals surface area contributed by atoms with Gasteiger partial charge in [-0.25, -0.2) is 17.9 Å². The second-order valence-electron chi connectivity index (χ2n) is 11.7. The molecule has 2 aliphatic rings. The summed E-state index contributed by atoms with van der Waals surface area (Å²) in [4.78, 5) is 29.4. The number of amides is 2. The van der Waals surface area contributed by atoms with Crippen molar-refractivity contribution in [3.05, 3.63) is 35.9 Å². The number of likely N-dealkylation sites (tertiary alicyclic amines) is 1. The summed E-state index contributed by atoms with van der Waals surface area (Å²) >= 11 is 0. The van der Waals surface area contributed by atoms with E-state index < -0.39 is 39.2 Å². The van der Waals surface area contributed by atoms with Crippen molar-refractivity contribution in [1.29, 1.82) is 0 Å². The van der Waals surface area contributed by atoms with Gasteiger partial charge in [-0.05, 0) is 64.2 Å². The van der Waals surface area contributed by atoms with Crippen molar-refractivity contribution in [2.45, 2.75) is 83.9 Å². The number of carbonyl (C=O) groups excluding carboxylic acids is 2. The van der Waals surface area contributed by atoms with Crippen molar-refractivity contribution in [2.75, 3.05) is 18.0 Å². The first-order chi connectivity index (χ1) is 16.7. The van der Waals surface area contributed by atoms with Gasteiger partial charge in [-0.2, -0.15) is 0 Å². The first-order valence-electron chi connectivity index (χ1n) is 12.6. The fraction of sp³-hybridized carbons (Fsp3) is 0.556. The van der Waals surface area contributed by atoms with Crippen molar-refractivity contribution in [3.63, 3.8) is 0 Å². The molecule has 0 radical (unpaired) electrons. The number of benzene rings is 2. The van der Waals surface area contributed by atoms with Crippen LogP contribution in [0, 0.1) is 5.41 Å². The molecule has 0 spiro atoms. The Bertz CT molecular complexity index is 1310. The third-order valence-corrected chi connectivity index (χ3v) is 8.35. The van der Waals surface area contributed by atoms with E-state index in [-0.39, 0.29) is 10.8 Å². The summed E-state index contributed by atoms with van der Waals surface area (Å²) < 4.78 is 36.2. The van der Waals surface area contributed by atoms with Crippen LogP contribution in [0.4, 0.5) is 10.5 Å². The Morgan fingerprint density at radius 3 is 2.42 bits per heavy atom. The highest BCUT2D eigenvalue weighted by Gasteiger charge is 2.45. The highest BCUT2D eigenvalue weighted by Crippen LogP contribution is 2.40. The number of carbonyl (C=O) groups is 2. The molecule has 9 heteroatoms. The molecule has 196 valence electrons. The number of anilines is 1. The van der Waals surface area contributed by atoms with Crippen LogP contribution < -0.4 is 9.62 Å². The first-order valence-corrected chi connectivity index (χ1v) is 14.0. The lowest BCUT2D eigenvalue weighted by Crippen LogP contribution is -2.62. The van der Waals surface area contributed by atoms with E-state index in [4.69, 9.17) is 4.74 Å². The molecule has 0 saturated carbocycles. The second-order valence-corrected chi connectivity index (χ2v) is 13.4. The molecule has 0 bridgehead atoms. The molecule has 2 unspecified atom stereocenters. The minimum absolute atomic E-state index is 0.117. The summed E-state index contributed by atoms with van der Waals surface area (Å²) in [5.74, 6) is -0.117. The lowest BCUT2D eigenvalue weighted by atomic mass is 9.78. The van der Waals surface area contributed by atoms with Gasteiger partial charge in [0.05, 0.1) is 16.6 Å². The number of hydrogen-bond acceptors (Lipinski definition) is 5. The van der Waals surface area contributed by atoms with Gasteiger partial charge < -0.3 is 14.5 Å². The number of piperidine rings is 1. The van der Waals surface area contributed by atoms with Gasteiger partial charge in [0.25, 0.3) is 5.91 Å². The molecule has 2 aromatic carbocycles. The maximum absolute atomic E-state index is 13.8. The number of ether oxygens (including phenoxy) is 1. The number of nitrogens with zero attached hydrogens (tertiary/aromatic N) is 2. The molecule has 1 saturated heterocycles. The second kappa shape index (κ2) is 9.03. The highest BCUT2D eigenvalue weighted by molar-refractivity contribution is 7.89. The van der Waals surface area contributed by atoms with Crippen LogP contribution in [0.2, 0.25) is 0 Å². The predicted octanol–water partition coefficient (Wildman–Crippen LogP) is 4.91. The summed E-state index contributed by atoms with van der Waals surface area (Å²) in [5, 5.41) is 1.19. The van der Waals surface area contributed by atoms with E-state index in [1.807, 2.05) is 48.5 Å². The van der Waals surface area contributed by atoms with Crippen LogP contribution in [0.25, 0.3) is 10.8 Å². The van der Waals surface area contributed by atoms with Gasteiger partial charge in [0.15, 0.2) is 0 Å². The van der Waals surface area contributed by atoms with Gasteiger partial charge in [0.2, 0.25) is 10.0 Å². The average molecular weight is 516 g/mol. The molecular formula is C27H37N3O5S. The van der Waals surface area contributed by atoms with Crippen molar-refractivity contribution < 1.29 is 22.7 Å². The van der Waals surface area contributed by atoms with Crippen LogP contribution in [-0.2, 0) is 14.8 Å². The summed E-state index contributed by atoms with van der Waals surface area (Å²) in [6, 6.07) is 7.61. The van der Waals surface area contributed by atoms with Gasteiger partial charge in [-0.15, -0.1) is 0 Å². The molecular weight excluding hydrogens is 478 g/mol. The average Bonchev–Trinajstić information content (AvgIpc) is 3.04. The van der Waals surface area contributed by atoms with E-state index >= 15 is 0 Å². The van der Waals surface area contributed by atoms with Crippen molar-refractivity contribution in [1.82, 2.24) is 9.62 Å². The largest absolute Gasteiger partial charge is 0.444 e. The zero-order chi connectivity index (χ0) is 26.6. The highest BCUT2D eigenvalue weighted by atomic mass is 32.2. The fourth-order valence-electron chi connectivity index (χ4n) is 5.55. The third-order valence-electron chi connectivity index (χ3n) is 6.80. The standard InChI is InChI=1S/C27H37N3O5S/c1-8-29-20-14-15-21(17-11-9-12-18(22(17)20)24(29)31)36(33,34)28-19-13-10-16-30(23(19)26(2,3)4)25(32)35-27(5,6)7/h9,11-12,14-15,19,23,28H,8,10,13,16H2,1-7H3. The van der Waals surface area contributed by atoms with Crippen LogP contribution in [0.3, 0.4) is 0 Å². The first kappa shape index (κ1) is 26.4. The zero-order valence-electron chi connectivity index (χ0n) is 22.2. The van der Waals surface area contributed by atoms with E-state index in [0.717, 1.165) is 5.69 Å². The topological polar surface area (TPSA) is 96.0 Å². The van der Waals surface area contributed by atoms with Gasteiger partial charge >= 0.3 is 6.09 Å². The Morgan fingerprint density at radius 2 is 1.81 bits per heavy atom. The van der Waals surface area contributed by atoms with Gasteiger partial charge in [0, 0.05) is 35.5 Å². The maximum Gasteiger partial charge on any atom is 0.410 e. The van der Waals surface area contributed by atoms with Gasteiger partial charge in [0.1, 0.15) is 5.60 Å². The lowest BCUT2D eigenvalue weighted by molar-refractivity contribution is -0.0141. The van der Waals surface area contributed by atoms with Crippen LogP contribution in [0.1, 0.15) is 71.7 Å². The Balaban J connectivity index is 1.72. The Morgan fingerprint density at radius 1 is 1.11 bits per heavy atom. The molecule has 8 nitrogen and oxygen atoms in total. The van der Waals surface area contributed by atoms with E-state index in [1.165, 1.54) is 0 Å². The van der Waals surface area contributed by atoms with E-state index in [0.29, 0.717) is 42.3 Å².